The van der Waals surface area contributed by atoms with Crippen molar-refractivity contribution in [2.45, 2.75) is 45.1 Å². The Morgan fingerprint density at radius 1 is 1.29 bits per heavy atom. The first-order valence-corrected chi connectivity index (χ1v) is 7.44. The van der Waals surface area contributed by atoms with Crippen molar-refractivity contribution in [3.05, 3.63) is 35.4 Å². The quantitative estimate of drug-likeness (QED) is 0.897. The molecule has 1 saturated carbocycles. The molecule has 0 aliphatic heterocycles. The highest BCUT2D eigenvalue weighted by Gasteiger charge is 2.38. The summed E-state index contributed by atoms with van der Waals surface area (Å²) in [6.45, 7) is 2.08. The Morgan fingerprint density at radius 2 is 1.95 bits per heavy atom. The van der Waals surface area contributed by atoms with E-state index < -0.39 is 17.0 Å². The van der Waals surface area contributed by atoms with Crippen molar-refractivity contribution in [3.8, 4) is 0 Å². The zero-order chi connectivity index (χ0) is 15.5. The maximum absolute atomic E-state index is 13.3. The number of hydrogen-bond acceptors (Lipinski definition) is 2. The van der Waals surface area contributed by atoms with Crippen LogP contribution in [-0.4, -0.2) is 12.5 Å². The van der Waals surface area contributed by atoms with Crippen molar-refractivity contribution >= 4 is 5.91 Å². The van der Waals surface area contributed by atoms with Gasteiger partial charge in [0.2, 0.25) is 5.91 Å². The van der Waals surface area contributed by atoms with E-state index in [1.807, 2.05) is 0 Å². The van der Waals surface area contributed by atoms with Crippen LogP contribution in [0.4, 0.5) is 8.78 Å². The van der Waals surface area contributed by atoms with E-state index in [1.165, 1.54) is 6.07 Å². The molecule has 21 heavy (non-hydrogen) atoms. The van der Waals surface area contributed by atoms with Gasteiger partial charge >= 0.3 is 0 Å². The maximum Gasteiger partial charge on any atom is 0.227 e. The third kappa shape index (κ3) is 3.40. The molecule has 0 saturated heterocycles. The van der Waals surface area contributed by atoms with Crippen LogP contribution in [0.25, 0.3) is 0 Å². The molecule has 1 aromatic carbocycles. The Bertz CT molecular complexity index is 513. The van der Waals surface area contributed by atoms with Gasteiger partial charge in [0.05, 0.1) is 11.5 Å². The van der Waals surface area contributed by atoms with E-state index >= 15 is 0 Å². The Hall–Kier alpha value is -1.49. The number of hydrogen-bond donors (Lipinski definition) is 2. The van der Waals surface area contributed by atoms with Gasteiger partial charge in [-0.3, -0.25) is 4.79 Å². The summed E-state index contributed by atoms with van der Waals surface area (Å²) in [6, 6.07) is 3.31. The summed E-state index contributed by atoms with van der Waals surface area (Å²) in [5, 5.41) is 2.90. The molecule has 0 spiro atoms. The molecule has 1 aliphatic carbocycles. The van der Waals surface area contributed by atoms with Crippen molar-refractivity contribution < 1.29 is 13.6 Å². The van der Waals surface area contributed by atoms with E-state index in [1.54, 1.807) is 6.92 Å². The second kappa shape index (κ2) is 6.52. The van der Waals surface area contributed by atoms with E-state index in [-0.39, 0.29) is 11.9 Å². The number of nitrogens with two attached hydrogens (primary N) is 1. The van der Waals surface area contributed by atoms with Gasteiger partial charge in [0.1, 0.15) is 0 Å². The average molecular weight is 296 g/mol. The molecule has 116 valence electrons. The largest absolute Gasteiger partial charge is 0.349 e. The summed E-state index contributed by atoms with van der Waals surface area (Å²) in [5.41, 5.74) is 5.86. The lowest BCUT2D eigenvalue weighted by atomic mass is 9.73. The number of benzene rings is 1. The fraction of sp³-hybridized carbons (Fsp3) is 0.562. The first-order chi connectivity index (χ1) is 9.98. The summed E-state index contributed by atoms with van der Waals surface area (Å²) in [6.07, 6.45) is 4.72. The molecule has 1 unspecified atom stereocenters. The van der Waals surface area contributed by atoms with Gasteiger partial charge in [-0.15, -0.1) is 0 Å². The predicted octanol–water partition coefficient (Wildman–Crippen LogP) is 3.05. The van der Waals surface area contributed by atoms with Crippen molar-refractivity contribution in [2.75, 3.05) is 6.54 Å². The smallest absolute Gasteiger partial charge is 0.227 e. The standard InChI is InChI=1S/C16H22F2N2O/c1-11(12-5-6-13(17)14(18)9-12)20-15(21)16(10-19)7-3-2-4-8-16/h5-6,9,11H,2-4,7-8,10,19H2,1H3,(H,20,21). The molecule has 1 atom stereocenters. The SMILES string of the molecule is CC(NC(=O)C1(CN)CCCCC1)c1ccc(F)c(F)c1. The van der Waals surface area contributed by atoms with Gasteiger partial charge in [0.15, 0.2) is 11.6 Å². The molecule has 1 fully saturated rings. The first-order valence-electron chi connectivity index (χ1n) is 7.44. The highest BCUT2D eigenvalue weighted by molar-refractivity contribution is 5.83. The van der Waals surface area contributed by atoms with Crippen LogP contribution in [-0.2, 0) is 4.79 Å². The molecule has 0 aromatic heterocycles. The van der Waals surface area contributed by atoms with Crippen LogP contribution in [0.1, 0.15) is 50.6 Å². The zero-order valence-electron chi connectivity index (χ0n) is 12.3. The van der Waals surface area contributed by atoms with Crippen LogP contribution < -0.4 is 11.1 Å². The number of carbonyl (C=O) groups excluding carboxylic acids is 1. The topological polar surface area (TPSA) is 55.1 Å². The molecule has 3 N–H and O–H groups in total. The van der Waals surface area contributed by atoms with E-state index in [2.05, 4.69) is 5.32 Å². The number of carbonyl (C=O) groups is 1. The van der Waals surface area contributed by atoms with Crippen LogP contribution in [0, 0.1) is 17.0 Å². The average Bonchev–Trinajstić information content (AvgIpc) is 2.50. The molecule has 2 rings (SSSR count). The molecule has 5 heteroatoms. The summed E-state index contributed by atoms with van der Waals surface area (Å²) in [5.74, 6) is -1.87. The van der Waals surface area contributed by atoms with Gasteiger partial charge in [0, 0.05) is 6.54 Å². The van der Waals surface area contributed by atoms with Gasteiger partial charge in [-0.05, 0) is 37.5 Å². The van der Waals surface area contributed by atoms with Gasteiger partial charge in [-0.2, -0.15) is 0 Å². The second-order valence-electron chi connectivity index (χ2n) is 5.91. The summed E-state index contributed by atoms with van der Waals surface area (Å²) in [4.78, 5) is 12.5. The molecule has 1 aliphatic rings. The third-order valence-electron chi connectivity index (χ3n) is 4.47. The molecule has 0 radical (unpaired) electrons. The number of halogens is 2. The van der Waals surface area contributed by atoms with Gasteiger partial charge < -0.3 is 11.1 Å². The van der Waals surface area contributed by atoms with E-state index in [4.69, 9.17) is 5.73 Å². The van der Waals surface area contributed by atoms with Gasteiger partial charge in [0.25, 0.3) is 0 Å². The molecule has 1 aromatic rings. The van der Waals surface area contributed by atoms with Gasteiger partial charge in [-0.1, -0.05) is 25.3 Å². The Morgan fingerprint density at radius 3 is 2.52 bits per heavy atom. The number of nitrogens with one attached hydrogen (secondary N) is 1. The molecular formula is C16H22F2N2O. The lowest BCUT2D eigenvalue weighted by molar-refractivity contribution is -0.133. The highest BCUT2D eigenvalue weighted by atomic mass is 19.2. The fourth-order valence-corrected chi connectivity index (χ4v) is 2.97. The van der Waals surface area contributed by atoms with E-state index in [0.29, 0.717) is 12.1 Å². The van der Waals surface area contributed by atoms with Crippen molar-refractivity contribution in [2.24, 2.45) is 11.1 Å². The molecular weight excluding hydrogens is 274 g/mol. The minimum absolute atomic E-state index is 0.0815. The summed E-state index contributed by atoms with van der Waals surface area (Å²) < 4.78 is 26.2. The van der Waals surface area contributed by atoms with Gasteiger partial charge in [-0.25, -0.2) is 8.78 Å². The first kappa shape index (κ1) is 15.9. The van der Waals surface area contributed by atoms with Crippen LogP contribution in [0.3, 0.4) is 0 Å². The van der Waals surface area contributed by atoms with E-state index in [0.717, 1.165) is 44.2 Å². The van der Waals surface area contributed by atoms with Crippen LogP contribution >= 0.6 is 0 Å². The summed E-state index contributed by atoms with van der Waals surface area (Å²) in [7, 11) is 0. The monoisotopic (exact) mass is 296 g/mol. The minimum Gasteiger partial charge on any atom is -0.349 e. The van der Waals surface area contributed by atoms with Crippen molar-refractivity contribution in [3.63, 3.8) is 0 Å². The van der Waals surface area contributed by atoms with Crippen molar-refractivity contribution in [1.82, 2.24) is 5.32 Å². The van der Waals surface area contributed by atoms with Crippen molar-refractivity contribution in [1.29, 1.82) is 0 Å². The Labute approximate surface area is 123 Å². The molecule has 1 amide bonds. The number of rotatable bonds is 4. The number of amides is 1. The molecule has 3 nitrogen and oxygen atoms in total. The fourth-order valence-electron chi connectivity index (χ4n) is 2.97. The third-order valence-corrected chi connectivity index (χ3v) is 4.47. The lowest BCUT2D eigenvalue weighted by Crippen LogP contribution is -2.47. The van der Waals surface area contributed by atoms with Crippen LogP contribution in [0.5, 0.6) is 0 Å². The molecule has 0 heterocycles. The molecule has 0 bridgehead atoms. The normalized spacial score (nSPS) is 19.0. The highest BCUT2D eigenvalue weighted by Crippen LogP contribution is 2.36. The Balaban J connectivity index is 2.08. The second-order valence-corrected chi connectivity index (χ2v) is 5.91. The zero-order valence-corrected chi connectivity index (χ0v) is 12.3. The minimum atomic E-state index is -0.903. The van der Waals surface area contributed by atoms with E-state index in [9.17, 15) is 13.6 Å². The maximum atomic E-state index is 13.3. The van der Waals surface area contributed by atoms with Crippen LogP contribution in [0.15, 0.2) is 18.2 Å². The Kier molecular flexibility index (Phi) is 4.93. The summed E-state index contributed by atoms with van der Waals surface area (Å²) >= 11 is 0. The predicted molar refractivity (Wildman–Crippen MR) is 77.5 cm³/mol. The van der Waals surface area contributed by atoms with Crippen LogP contribution in [0.2, 0.25) is 0 Å². The lowest BCUT2D eigenvalue weighted by Gasteiger charge is -2.35.